The van der Waals surface area contributed by atoms with Crippen LogP contribution in [0.4, 0.5) is 0 Å². The van der Waals surface area contributed by atoms with Crippen molar-refractivity contribution < 1.29 is 14.9 Å². The van der Waals surface area contributed by atoms with Gasteiger partial charge < -0.3 is 14.9 Å². The van der Waals surface area contributed by atoms with Gasteiger partial charge in [-0.05, 0) is 13.0 Å². The van der Waals surface area contributed by atoms with Crippen molar-refractivity contribution in [3.05, 3.63) is 45.6 Å². The van der Waals surface area contributed by atoms with Crippen LogP contribution in [0.1, 0.15) is 22.3 Å². The average molecular weight is 380 g/mol. The third kappa shape index (κ3) is 3.01. The lowest BCUT2D eigenvalue weighted by atomic mass is 10.0. The van der Waals surface area contributed by atoms with Crippen LogP contribution in [0.15, 0.2) is 24.3 Å². The van der Waals surface area contributed by atoms with E-state index in [4.69, 9.17) is 11.6 Å². The molecule has 1 aromatic carbocycles. The number of nitrogens with zero attached hydrogens (tertiary/aromatic N) is 3. The third-order valence-corrected chi connectivity index (χ3v) is 6.37. The molecule has 132 valence electrons. The molecule has 0 amide bonds. The largest absolute Gasteiger partial charge is 0.492 e. The lowest BCUT2D eigenvalue weighted by Crippen LogP contribution is -3.27. The fraction of sp³-hybridized carbons (Fsp3) is 0.412. The molecule has 1 saturated heterocycles. The quantitative estimate of drug-likeness (QED) is 0.598. The first-order valence-electron chi connectivity index (χ1n) is 8.50. The predicted molar refractivity (Wildman–Crippen MR) is 97.9 cm³/mol. The first-order valence-corrected chi connectivity index (χ1v) is 9.69. The number of benzene rings is 1. The Morgan fingerprint density at radius 2 is 1.96 bits per heavy atom. The molecule has 4 rings (SSSR count). The topological polar surface area (TPSA) is 59.3 Å². The van der Waals surface area contributed by atoms with Crippen molar-refractivity contribution in [2.24, 2.45) is 0 Å². The van der Waals surface area contributed by atoms with E-state index < -0.39 is 0 Å². The monoisotopic (exact) mass is 379 g/mol. The number of quaternary nitrogens is 2. The zero-order valence-corrected chi connectivity index (χ0v) is 15.9. The number of fused-ring (bicyclic) bond motifs is 1. The number of likely N-dealkylation sites (N-methyl/N-ethyl adjacent to an activating group) is 1. The minimum absolute atomic E-state index is 0.00407. The second-order valence-corrected chi connectivity index (χ2v) is 8.13. The predicted octanol–water partition coefficient (Wildman–Crippen LogP) is -0.0392. The van der Waals surface area contributed by atoms with Crippen LogP contribution in [-0.2, 0) is 0 Å². The van der Waals surface area contributed by atoms with E-state index in [0.717, 1.165) is 46.6 Å². The Balaban J connectivity index is 1.83. The second kappa shape index (κ2) is 6.57. The molecule has 1 atom stereocenters. The molecule has 2 aromatic heterocycles. The van der Waals surface area contributed by atoms with Crippen molar-refractivity contribution in [2.45, 2.75) is 13.0 Å². The Kier molecular flexibility index (Phi) is 4.41. The van der Waals surface area contributed by atoms with Gasteiger partial charge in [-0.3, -0.25) is 0 Å². The van der Waals surface area contributed by atoms with Gasteiger partial charge in [0, 0.05) is 5.56 Å². The van der Waals surface area contributed by atoms with Gasteiger partial charge in [0.25, 0.3) is 0 Å². The second-order valence-electron chi connectivity index (χ2n) is 6.71. The first kappa shape index (κ1) is 16.8. The number of hydrogen-bond acceptors (Lipinski definition) is 4. The summed E-state index contributed by atoms with van der Waals surface area (Å²) < 4.78 is 1.54. The molecule has 0 spiro atoms. The molecular weight excluding hydrogens is 358 g/mol. The summed E-state index contributed by atoms with van der Waals surface area (Å²) in [5.41, 5.74) is 1.05. The van der Waals surface area contributed by atoms with Crippen LogP contribution in [-0.4, -0.2) is 52.9 Å². The molecule has 3 aromatic rings. The highest BCUT2D eigenvalue weighted by Crippen LogP contribution is 2.36. The summed E-state index contributed by atoms with van der Waals surface area (Å²) in [5, 5.41) is 15.9. The highest BCUT2D eigenvalue weighted by atomic mass is 35.5. The average Bonchev–Trinajstić information content (AvgIpc) is 3.09. The molecule has 1 aliphatic rings. The number of rotatable bonds is 3. The van der Waals surface area contributed by atoms with Gasteiger partial charge in [0.2, 0.25) is 10.8 Å². The molecule has 0 unspecified atom stereocenters. The van der Waals surface area contributed by atoms with E-state index in [2.05, 4.69) is 23.2 Å². The Hall–Kier alpha value is -1.67. The van der Waals surface area contributed by atoms with Crippen LogP contribution >= 0.6 is 22.9 Å². The molecule has 3 N–H and O–H groups in total. The van der Waals surface area contributed by atoms with Gasteiger partial charge in [-0.25, -0.2) is 4.98 Å². The van der Waals surface area contributed by atoms with E-state index in [0.29, 0.717) is 5.82 Å². The first-order chi connectivity index (χ1) is 12.0. The highest BCUT2D eigenvalue weighted by Gasteiger charge is 2.36. The van der Waals surface area contributed by atoms with Crippen LogP contribution in [0.2, 0.25) is 5.02 Å². The number of thiazole rings is 1. The maximum Gasteiger partial charge on any atom is 0.235 e. The molecule has 1 fully saturated rings. The van der Waals surface area contributed by atoms with Crippen molar-refractivity contribution in [2.75, 3.05) is 33.2 Å². The maximum absolute atomic E-state index is 10.8. The molecule has 1 aliphatic heterocycles. The fourth-order valence-corrected chi connectivity index (χ4v) is 5.00. The number of piperazine rings is 1. The van der Waals surface area contributed by atoms with Crippen molar-refractivity contribution >= 4 is 27.9 Å². The maximum atomic E-state index is 10.8. The third-order valence-electron chi connectivity index (χ3n) is 4.94. The number of halogens is 1. The molecule has 0 bridgehead atoms. The van der Waals surface area contributed by atoms with E-state index >= 15 is 0 Å². The smallest absolute Gasteiger partial charge is 0.235 e. The van der Waals surface area contributed by atoms with Crippen LogP contribution in [0.3, 0.4) is 0 Å². The number of aromatic hydroxyl groups is 1. The van der Waals surface area contributed by atoms with Gasteiger partial charge in [0.1, 0.15) is 36.9 Å². The van der Waals surface area contributed by atoms with E-state index in [1.54, 1.807) is 9.42 Å². The highest BCUT2D eigenvalue weighted by molar-refractivity contribution is 7.17. The Labute approximate surface area is 155 Å². The van der Waals surface area contributed by atoms with Crippen molar-refractivity contribution in [3.8, 4) is 5.88 Å². The van der Waals surface area contributed by atoms with Crippen LogP contribution in [0, 0.1) is 6.92 Å². The number of hydrogen-bond donors (Lipinski definition) is 3. The van der Waals surface area contributed by atoms with Gasteiger partial charge in [0.15, 0.2) is 6.04 Å². The molecule has 0 aliphatic carbocycles. The van der Waals surface area contributed by atoms with E-state index in [1.807, 2.05) is 25.1 Å². The summed E-state index contributed by atoms with van der Waals surface area (Å²) >= 11 is 8.04. The molecule has 25 heavy (non-hydrogen) atoms. The summed E-state index contributed by atoms with van der Waals surface area (Å²) in [7, 11) is 2.23. The molecular formula is C17H22ClN5OS+2. The molecule has 6 nitrogen and oxygen atoms in total. The minimum atomic E-state index is -0.00407. The van der Waals surface area contributed by atoms with Gasteiger partial charge in [-0.15, -0.1) is 5.10 Å². The fourth-order valence-electron chi connectivity index (χ4n) is 3.58. The summed E-state index contributed by atoms with van der Waals surface area (Å²) in [6.45, 7) is 6.12. The normalized spacial score (nSPS) is 22.4. The van der Waals surface area contributed by atoms with Crippen LogP contribution < -0.4 is 9.80 Å². The van der Waals surface area contributed by atoms with Gasteiger partial charge >= 0.3 is 0 Å². The Morgan fingerprint density at radius 1 is 1.24 bits per heavy atom. The summed E-state index contributed by atoms with van der Waals surface area (Å²) in [6.07, 6.45) is 0. The molecule has 3 heterocycles. The molecule has 0 saturated carbocycles. The van der Waals surface area contributed by atoms with Gasteiger partial charge in [-0.1, -0.05) is 41.1 Å². The standard InChI is InChI=1S/C17H20ClN5OS/c1-11-19-17-23(20-11)16(24)15(25-17)14(12-5-3-4-6-13(12)18)22-9-7-21(2)8-10-22/h3-6,14,24H,7-10H2,1-2H3/p+2/t14-/m0/s1. The SMILES string of the molecule is Cc1nc2sc([C@H](c3ccccc3Cl)[NH+]3CC[NH+](C)CC3)c(O)n2n1. The van der Waals surface area contributed by atoms with Crippen molar-refractivity contribution in [3.63, 3.8) is 0 Å². The summed E-state index contributed by atoms with van der Waals surface area (Å²) in [4.78, 5) is 9.00. The van der Waals surface area contributed by atoms with E-state index in [1.165, 1.54) is 16.2 Å². The number of aryl methyl sites for hydroxylation is 1. The Morgan fingerprint density at radius 3 is 2.64 bits per heavy atom. The van der Waals surface area contributed by atoms with E-state index in [-0.39, 0.29) is 11.9 Å². The summed E-state index contributed by atoms with van der Waals surface area (Å²) in [5.74, 6) is 0.849. The lowest BCUT2D eigenvalue weighted by Gasteiger charge is -2.33. The lowest BCUT2D eigenvalue weighted by molar-refractivity contribution is -1.02. The zero-order chi connectivity index (χ0) is 17.6. The molecule has 0 radical (unpaired) electrons. The Bertz CT molecular complexity index is 900. The van der Waals surface area contributed by atoms with Gasteiger partial charge in [0.05, 0.1) is 12.1 Å². The number of aromatic nitrogens is 3. The van der Waals surface area contributed by atoms with Gasteiger partial charge in [-0.2, -0.15) is 4.52 Å². The van der Waals surface area contributed by atoms with Crippen LogP contribution in [0.25, 0.3) is 4.96 Å². The summed E-state index contributed by atoms with van der Waals surface area (Å²) in [6, 6.07) is 7.93. The van der Waals surface area contributed by atoms with Crippen molar-refractivity contribution in [1.82, 2.24) is 14.6 Å². The van der Waals surface area contributed by atoms with Crippen LogP contribution in [0.5, 0.6) is 5.88 Å². The minimum Gasteiger partial charge on any atom is -0.492 e. The van der Waals surface area contributed by atoms with E-state index in [9.17, 15) is 5.11 Å². The number of nitrogens with one attached hydrogen (secondary N) is 2. The molecule has 8 heteroatoms. The zero-order valence-electron chi connectivity index (χ0n) is 14.3. The van der Waals surface area contributed by atoms with Crippen molar-refractivity contribution in [1.29, 1.82) is 0 Å².